The zero-order valence-electron chi connectivity index (χ0n) is 12.7. The van der Waals surface area contributed by atoms with Gasteiger partial charge in [0.05, 0.1) is 12.8 Å². The van der Waals surface area contributed by atoms with Crippen molar-refractivity contribution in [1.29, 1.82) is 0 Å². The van der Waals surface area contributed by atoms with Crippen LogP contribution in [0.25, 0.3) is 0 Å². The van der Waals surface area contributed by atoms with Crippen molar-refractivity contribution in [2.24, 2.45) is 7.05 Å². The van der Waals surface area contributed by atoms with Crippen molar-refractivity contribution in [2.75, 3.05) is 7.11 Å². The highest BCUT2D eigenvalue weighted by Crippen LogP contribution is 2.19. The van der Waals surface area contributed by atoms with Gasteiger partial charge >= 0.3 is 5.97 Å². The highest BCUT2D eigenvalue weighted by Gasteiger charge is 2.25. The average molecular weight is 287 g/mol. The first kappa shape index (κ1) is 15.3. The molecule has 0 saturated carbocycles. The van der Waals surface area contributed by atoms with Gasteiger partial charge in [-0.1, -0.05) is 37.3 Å². The van der Waals surface area contributed by atoms with Crippen LogP contribution in [0.15, 0.2) is 36.5 Å². The molecule has 1 aromatic carbocycles. The molecular weight excluding hydrogens is 266 g/mol. The summed E-state index contributed by atoms with van der Waals surface area (Å²) >= 11 is 0. The maximum Gasteiger partial charge on any atom is 0.327 e. The Labute approximate surface area is 124 Å². The summed E-state index contributed by atoms with van der Waals surface area (Å²) in [5.74, 6) is -0.298. The Kier molecular flexibility index (Phi) is 5.11. The Bertz CT molecular complexity index is 593. The maximum atomic E-state index is 12.1. The van der Waals surface area contributed by atoms with Crippen LogP contribution in [0, 0.1) is 0 Å². The summed E-state index contributed by atoms with van der Waals surface area (Å²) in [5, 5.41) is 7.65. The van der Waals surface area contributed by atoms with E-state index in [9.17, 15) is 4.79 Å². The number of hydrogen-bond acceptors (Lipinski definition) is 4. The minimum Gasteiger partial charge on any atom is -0.468 e. The Morgan fingerprint density at radius 3 is 2.71 bits per heavy atom. The number of ether oxygens (including phenoxy) is 1. The molecular formula is C16H21N3O2. The van der Waals surface area contributed by atoms with Gasteiger partial charge in [-0.3, -0.25) is 10.00 Å². The van der Waals surface area contributed by atoms with Crippen LogP contribution in [-0.2, 0) is 29.5 Å². The van der Waals surface area contributed by atoms with Crippen molar-refractivity contribution in [3.8, 4) is 0 Å². The van der Waals surface area contributed by atoms with Gasteiger partial charge in [0.25, 0.3) is 0 Å². The lowest BCUT2D eigenvalue weighted by Gasteiger charge is -2.16. The van der Waals surface area contributed by atoms with E-state index in [1.165, 1.54) is 7.11 Å². The van der Waals surface area contributed by atoms with Gasteiger partial charge < -0.3 is 4.74 Å². The number of rotatable bonds is 6. The largest absolute Gasteiger partial charge is 0.468 e. The zero-order chi connectivity index (χ0) is 15.2. The molecule has 21 heavy (non-hydrogen) atoms. The number of nitrogens with zero attached hydrogens (tertiary/aromatic N) is 2. The second-order valence-electron chi connectivity index (χ2n) is 4.88. The van der Waals surface area contributed by atoms with Crippen LogP contribution in [0.2, 0.25) is 0 Å². The van der Waals surface area contributed by atoms with Gasteiger partial charge in [-0.05, 0) is 12.0 Å². The first-order valence-corrected chi connectivity index (χ1v) is 7.03. The lowest BCUT2D eigenvalue weighted by molar-refractivity contribution is -0.143. The molecule has 1 N–H and O–H groups in total. The summed E-state index contributed by atoms with van der Waals surface area (Å²) in [5.41, 5.74) is 2.91. The average Bonchev–Trinajstić information content (AvgIpc) is 2.89. The Morgan fingerprint density at radius 1 is 1.38 bits per heavy atom. The highest BCUT2D eigenvalue weighted by atomic mass is 16.5. The SMILES string of the molecule is CCc1nn(C)cc1C(NCc1ccccc1)C(=O)OC. The Balaban J connectivity index is 2.20. The summed E-state index contributed by atoms with van der Waals surface area (Å²) in [6, 6.07) is 9.46. The molecule has 1 aromatic heterocycles. The second-order valence-corrected chi connectivity index (χ2v) is 4.88. The van der Waals surface area contributed by atoms with Crippen LogP contribution in [-0.4, -0.2) is 22.9 Å². The predicted octanol–water partition coefficient (Wildman–Crippen LogP) is 1.99. The van der Waals surface area contributed by atoms with E-state index in [-0.39, 0.29) is 5.97 Å². The third-order valence-electron chi connectivity index (χ3n) is 3.37. The number of hydrogen-bond donors (Lipinski definition) is 1. The molecule has 5 nitrogen and oxygen atoms in total. The fourth-order valence-corrected chi connectivity index (χ4v) is 2.32. The van der Waals surface area contributed by atoms with Crippen molar-refractivity contribution >= 4 is 5.97 Å². The normalized spacial score (nSPS) is 12.1. The van der Waals surface area contributed by atoms with Gasteiger partial charge in [0.15, 0.2) is 0 Å². The number of esters is 1. The van der Waals surface area contributed by atoms with Gasteiger partial charge in [0.1, 0.15) is 6.04 Å². The van der Waals surface area contributed by atoms with Gasteiger partial charge in [0.2, 0.25) is 0 Å². The van der Waals surface area contributed by atoms with E-state index in [2.05, 4.69) is 10.4 Å². The van der Waals surface area contributed by atoms with E-state index in [0.29, 0.717) is 6.54 Å². The molecule has 1 atom stereocenters. The first-order chi connectivity index (χ1) is 10.2. The van der Waals surface area contributed by atoms with Gasteiger partial charge in [-0.2, -0.15) is 5.10 Å². The minimum atomic E-state index is -0.501. The van der Waals surface area contributed by atoms with Crippen LogP contribution in [0.5, 0.6) is 0 Å². The fourth-order valence-electron chi connectivity index (χ4n) is 2.32. The quantitative estimate of drug-likeness (QED) is 0.826. The van der Waals surface area contributed by atoms with Gasteiger partial charge in [-0.15, -0.1) is 0 Å². The molecule has 0 bridgehead atoms. The molecule has 0 aliphatic carbocycles. The standard InChI is InChI=1S/C16H21N3O2/c1-4-14-13(11-19(2)18-14)15(16(20)21-3)17-10-12-8-6-5-7-9-12/h5-9,11,15,17H,4,10H2,1-3H3. The summed E-state index contributed by atoms with van der Waals surface area (Å²) in [4.78, 5) is 12.1. The molecule has 0 saturated heterocycles. The molecule has 1 heterocycles. The van der Waals surface area contributed by atoms with E-state index in [1.807, 2.05) is 50.5 Å². The van der Waals surface area contributed by atoms with Crippen LogP contribution >= 0.6 is 0 Å². The molecule has 0 fully saturated rings. The Morgan fingerprint density at radius 2 is 2.10 bits per heavy atom. The molecule has 5 heteroatoms. The summed E-state index contributed by atoms with van der Waals surface area (Å²) in [6.07, 6.45) is 2.65. The number of nitrogens with one attached hydrogen (secondary N) is 1. The summed E-state index contributed by atoms with van der Waals surface area (Å²) in [6.45, 7) is 2.62. The van der Waals surface area contributed by atoms with E-state index in [0.717, 1.165) is 23.2 Å². The fraction of sp³-hybridized carbons (Fsp3) is 0.375. The van der Waals surface area contributed by atoms with Crippen LogP contribution in [0.4, 0.5) is 0 Å². The van der Waals surface area contributed by atoms with Crippen molar-refractivity contribution < 1.29 is 9.53 Å². The lowest BCUT2D eigenvalue weighted by Crippen LogP contribution is -2.29. The van der Waals surface area contributed by atoms with Crippen LogP contribution < -0.4 is 5.32 Å². The molecule has 2 rings (SSSR count). The summed E-state index contributed by atoms with van der Waals surface area (Å²) in [7, 11) is 3.26. The smallest absolute Gasteiger partial charge is 0.327 e. The highest BCUT2D eigenvalue weighted by molar-refractivity contribution is 5.77. The van der Waals surface area contributed by atoms with E-state index < -0.39 is 6.04 Å². The number of carbonyl (C=O) groups excluding carboxylic acids is 1. The molecule has 0 spiro atoms. The topological polar surface area (TPSA) is 56.2 Å². The molecule has 0 amide bonds. The number of aromatic nitrogens is 2. The van der Waals surface area contributed by atoms with Gasteiger partial charge in [-0.25, -0.2) is 4.79 Å². The van der Waals surface area contributed by atoms with Crippen molar-refractivity contribution in [3.05, 3.63) is 53.3 Å². The van der Waals surface area contributed by atoms with E-state index in [1.54, 1.807) is 4.68 Å². The van der Waals surface area contributed by atoms with Gasteiger partial charge in [0, 0.05) is 25.4 Å². The monoisotopic (exact) mass is 287 g/mol. The lowest BCUT2D eigenvalue weighted by atomic mass is 10.1. The van der Waals surface area contributed by atoms with E-state index in [4.69, 9.17) is 4.74 Å². The first-order valence-electron chi connectivity index (χ1n) is 7.03. The predicted molar refractivity (Wildman–Crippen MR) is 80.6 cm³/mol. The van der Waals surface area contributed by atoms with Crippen molar-refractivity contribution in [3.63, 3.8) is 0 Å². The molecule has 2 aromatic rings. The third kappa shape index (κ3) is 3.70. The van der Waals surface area contributed by atoms with Crippen LogP contribution in [0.3, 0.4) is 0 Å². The number of aryl methyl sites for hydroxylation is 2. The van der Waals surface area contributed by atoms with E-state index >= 15 is 0 Å². The second kappa shape index (κ2) is 7.04. The minimum absolute atomic E-state index is 0.298. The van der Waals surface area contributed by atoms with Crippen LogP contribution in [0.1, 0.15) is 29.8 Å². The number of benzene rings is 1. The molecule has 0 aliphatic rings. The maximum absolute atomic E-state index is 12.1. The van der Waals surface area contributed by atoms with Crippen molar-refractivity contribution in [1.82, 2.24) is 15.1 Å². The third-order valence-corrected chi connectivity index (χ3v) is 3.37. The zero-order valence-corrected chi connectivity index (χ0v) is 12.7. The summed E-state index contributed by atoms with van der Waals surface area (Å²) < 4.78 is 6.66. The molecule has 0 radical (unpaired) electrons. The Hall–Kier alpha value is -2.14. The number of carbonyl (C=O) groups is 1. The molecule has 0 aliphatic heterocycles. The number of methoxy groups -OCH3 is 1. The molecule has 112 valence electrons. The molecule has 1 unspecified atom stereocenters. The van der Waals surface area contributed by atoms with Crippen molar-refractivity contribution in [2.45, 2.75) is 25.9 Å².